The minimum atomic E-state index is 1.07. The third kappa shape index (κ3) is 3.27. The molecule has 1 saturated carbocycles. The topological polar surface area (TPSA) is 3.24 Å². The first-order valence-electron chi connectivity index (χ1n) is 6.67. The van der Waals surface area contributed by atoms with Gasteiger partial charge in [0.05, 0.1) is 0 Å². The molecule has 0 aromatic rings. The lowest BCUT2D eigenvalue weighted by atomic mass is 9.96. The van der Waals surface area contributed by atoms with Crippen molar-refractivity contribution >= 4 is 0 Å². The summed E-state index contributed by atoms with van der Waals surface area (Å²) in [5.41, 5.74) is 0. The van der Waals surface area contributed by atoms with Gasteiger partial charge < -0.3 is 4.90 Å². The highest BCUT2D eigenvalue weighted by atomic mass is 15.1. The highest BCUT2D eigenvalue weighted by Gasteiger charge is 2.15. The van der Waals surface area contributed by atoms with E-state index >= 15 is 0 Å². The monoisotopic (exact) mass is 195 g/mol. The van der Waals surface area contributed by atoms with Gasteiger partial charge in [-0.1, -0.05) is 38.5 Å². The second-order valence-corrected chi connectivity index (χ2v) is 5.20. The van der Waals surface area contributed by atoms with Crippen LogP contribution in [-0.4, -0.2) is 24.5 Å². The number of hydrogen-bond donors (Lipinski definition) is 0. The van der Waals surface area contributed by atoms with Crippen molar-refractivity contribution in [2.75, 3.05) is 19.6 Å². The molecule has 0 aromatic carbocycles. The molecular formula is C13H25N. The van der Waals surface area contributed by atoms with E-state index in [2.05, 4.69) is 4.90 Å². The predicted octanol–water partition coefficient (Wildman–Crippen LogP) is 3.44. The third-order valence-electron chi connectivity index (χ3n) is 4.03. The summed E-state index contributed by atoms with van der Waals surface area (Å²) in [6.45, 7) is 4.16. The molecule has 0 spiro atoms. The van der Waals surface area contributed by atoms with Gasteiger partial charge in [-0.25, -0.2) is 0 Å². The van der Waals surface area contributed by atoms with Crippen LogP contribution in [0.2, 0.25) is 0 Å². The number of rotatable bonds is 3. The van der Waals surface area contributed by atoms with E-state index in [-0.39, 0.29) is 0 Å². The molecule has 0 radical (unpaired) electrons. The Balaban J connectivity index is 1.62. The zero-order valence-electron chi connectivity index (χ0n) is 9.51. The van der Waals surface area contributed by atoms with Crippen LogP contribution < -0.4 is 0 Å². The van der Waals surface area contributed by atoms with E-state index in [1.54, 1.807) is 0 Å². The van der Waals surface area contributed by atoms with Gasteiger partial charge >= 0.3 is 0 Å². The Morgan fingerprint density at radius 3 is 2.07 bits per heavy atom. The molecule has 0 atom stereocenters. The van der Waals surface area contributed by atoms with E-state index in [1.165, 1.54) is 77.4 Å². The lowest BCUT2D eigenvalue weighted by Gasteiger charge is -2.19. The SMILES string of the molecule is C1CCCC(CCN2CCCC2)CC1. The maximum atomic E-state index is 2.67. The second kappa shape index (κ2) is 5.75. The maximum Gasteiger partial charge on any atom is -0.00161 e. The van der Waals surface area contributed by atoms with E-state index < -0.39 is 0 Å². The zero-order valence-corrected chi connectivity index (χ0v) is 9.51. The fourth-order valence-corrected chi connectivity index (χ4v) is 3.02. The first kappa shape index (κ1) is 10.5. The van der Waals surface area contributed by atoms with Crippen LogP contribution in [0.1, 0.15) is 57.8 Å². The summed E-state index contributed by atoms with van der Waals surface area (Å²) in [5, 5.41) is 0. The van der Waals surface area contributed by atoms with Crippen LogP contribution in [0.15, 0.2) is 0 Å². The van der Waals surface area contributed by atoms with Crippen LogP contribution in [0, 0.1) is 5.92 Å². The number of likely N-dealkylation sites (tertiary alicyclic amines) is 1. The van der Waals surface area contributed by atoms with Crippen LogP contribution in [0.3, 0.4) is 0 Å². The lowest BCUT2D eigenvalue weighted by Crippen LogP contribution is -2.22. The summed E-state index contributed by atoms with van der Waals surface area (Å²) in [4.78, 5) is 2.67. The minimum Gasteiger partial charge on any atom is -0.303 e. The van der Waals surface area contributed by atoms with E-state index in [0.717, 1.165) is 5.92 Å². The van der Waals surface area contributed by atoms with Gasteiger partial charge in [0, 0.05) is 0 Å². The summed E-state index contributed by atoms with van der Waals surface area (Å²) < 4.78 is 0. The largest absolute Gasteiger partial charge is 0.303 e. The average molecular weight is 195 g/mol. The number of nitrogens with zero attached hydrogens (tertiary/aromatic N) is 1. The Labute approximate surface area is 88.9 Å². The van der Waals surface area contributed by atoms with Crippen molar-refractivity contribution in [1.82, 2.24) is 4.90 Å². The minimum absolute atomic E-state index is 1.07. The zero-order chi connectivity index (χ0) is 9.64. The molecule has 2 fully saturated rings. The first-order valence-corrected chi connectivity index (χ1v) is 6.67. The highest BCUT2D eigenvalue weighted by Crippen LogP contribution is 2.25. The van der Waals surface area contributed by atoms with Crippen molar-refractivity contribution in [3.63, 3.8) is 0 Å². The Kier molecular flexibility index (Phi) is 4.30. The molecule has 2 rings (SSSR count). The Hall–Kier alpha value is -0.0400. The molecule has 0 N–H and O–H groups in total. The number of hydrogen-bond acceptors (Lipinski definition) is 1. The Bertz CT molecular complexity index is 141. The summed E-state index contributed by atoms with van der Waals surface area (Å²) in [6, 6.07) is 0. The van der Waals surface area contributed by atoms with Crippen LogP contribution in [-0.2, 0) is 0 Å². The van der Waals surface area contributed by atoms with E-state index in [9.17, 15) is 0 Å². The maximum absolute atomic E-state index is 2.67. The molecule has 0 unspecified atom stereocenters. The molecule has 1 aliphatic carbocycles. The van der Waals surface area contributed by atoms with Crippen molar-refractivity contribution in [3.05, 3.63) is 0 Å². The Morgan fingerprint density at radius 2 is 1.43 bits per heavy atom. The van der Waals surface area contributed by atoms with E-state index in [0.29, 0.717) is 0 Å². The van der Waals surface area contributed by atoms with Crippen molar-refractivity contribution in [1.29, 1.82) is 0 Å². The molecule has 14 heavy (non-hydrogen) atoms. The molecule has 82 valence electrons. The van der Waals surface area contributed by atoms with Crippen LogP contribution >= 0.6 is 0 Å². The molecule has 0 amide bonds. The lowest BCUT2D eigenvalue weighted by molar-refractivity contribution is 0.290. The van der Waals surface area contributed by atoms with Crippen molar-refractivity contribution in [2.24, 2.45) is 5.92 Å². The van der Waals surface area contributed by atoms with Crippen molar-refractivity contribution in [3.8, 4) is 0 Å². The molecule has 0 bridgehead atoms. The fourth-order valence-electron chi connectivity index (χ4n) is 3.02. The van der Waals surface area contributed by atoms with Gasteiger partial charge in [-0.2, -0.15) is 0 Å². The van der Waals surface area contributed by atoms with Gasteiger partial charge in [-0.3, -0.25) is 0 Å². The molecule has 2 aliphatic rings. The summed E-state index contributed by atoms with van der Waals surface area (Å²) >= 11 is 0. The van der Waals surface area contributed by atoms with Gasteiger partial charge in [0.15, 0.2) is 0 Å². The van der Waals surface area contributed by atoms with Crippen LogP contribution in [0.4, 0.5) is 0 Å². The molecule has 1 saturated heterocycles. The summed E-state index contributed by atoms with van der Waals surface area (Å²) in [7, 11) is 0. The third-order valence-corrected chi connectivity index (χ3v) is 4.03. The predicted molar refractivity (Wildman–Crippen MR) is 61.5 cm³/mol. The van der Waals surface area contributed by atoms with Crippen molar-refractivity contribution < 1.29 is 0 Å². The summed E-state index contributed by atoms with van der Waals surface area (Å²) in [5.74, 6) is 1.07. The quantitative estimate of drug-likeness (QED) is 0.624. The van der Waals surface area contributed by atoms with Crippen LogP contribution in [0.5, 0.6) is 0 Å². The molecule has 1 nitrogen and oxygen atoms in total. The van der Waals surface area contributed by atoms with Crippen molar-refractivity contribution in [2.45, 2.75) is 57.8 Å². The molecule has 1 heteroatoms. The standard InChI is InChI=1S/C13H25N/c1-2-4-8-13(7-3-1)9-12-14-10-5-6-11-14/h13H,1-12H2. The molecule has 0 aromatic heterocycles. The van der Waals surface area contributed by atoms with Crippen LogP contribution in [0.25, 0.3) is 0 Å². The van der Waals surface area contributed by atoms with Gasteiger partial charge in [-0.15, -0.1) is 0 Å². The van der Waals surface area contributed by atoms with Gasteiger partial charge in [0.1, 0.15) is 0 Å². The Morgan fingerprint density at radius 1 is 0.786 bits per heavy atom. The van der Waals surface area contributed by atoms with Gasteiger partial charge in [-0.05, 0) is 44.8 Å². The van der Waals surface area contributed by atoms with Gasteiger partial charge in [0.25, 0.3) is 0 Å². The average Bonchev–Trinajstić information content (AvgIpc) is 2.58. The molecular weight excluding hydrogens is 170 g/mol. The van der Waals surface area contributed by atoms with E-state index in [4.69, 9.17) is 0 Å². The van der Waals surface area contributed by atoms with E-state index in [1.807, 2.05) is 0 Å². The smallest absolute Gasteiger partial charge is 0.00161 e. The summed E-state index contributed by atoms with van der Waals surface area (Å²) in [6.07, 6.45) is 13.4. The second-order valence-electron chi connectivity index (χ2n) is 5.20. The normalized spacial score (nSPS) is 26.6. The van der Waals surface area contributed by atoms with Gasteiger partial charge in [0.2, 0.25) is 0 Å². The molecule has 1 heterocycles. The highest BCUT2D eigenvalue weighted by molar-refractivity contribution is 4.70. The molecule has 1 aliphatic heterocycles. The first-order chi connectivity index (χ1) is 6.95. The fraction of sp³-hybridized carbons (Fsp3) is 1.00.